The first-order valence-corrected chi connectivity index (χ1v) is 12.0. The Labute approximate surface area is 190 Å². The summed E-state index contributed by atoms with van der Waals surface area (Å²) in [5.41, 5.74) is 3.35. The van der Waals surface area contributed by atoms with Crippen molar-refractivity contribution in [1.82, 2.24) is 10.2 Å². The molecule has 0 heterocycles. The van der Waals surface area contributed by atoms with Crippen molar-refractivity contribution in [3.05, 3.63) is 65.2 Å². The van der Waals surface area contributed by atoms with E-state index < -0.39 is 6.04 Å². The van der Waals surface area contributed by atoms with E-state index in [1.165, 1.54) is 11.1 Å². The first-order chi connectivity index (χ1) is 15.0. The van der Waals surface area contributed by atoms with Crippen LogP contribution in [0.4, 0.5) is 0 Å². The number of nitrogens with zero attached hydrogens (tertiary/aromatic N) is 1. The Hall–Kier alpha value is -2.47. The standard InChI is InChI=1S/C25H34N2O3S/c1-5-13-26-25(29)23(6-2)27(16-20-10-8-12-22(15-20)30-4)24(28)18-31-17-21-11-7-9-19(3)14-21/h7-12,14-15,23H,5-6,13,16-18H2,1-4H3,(H,26,29)/t23-/m0/s1. The van der Waals surface area contributed by atoms with Gasteiger partial charge in [-0.1, -0.05) is 55.8 Å². The Balaban J connectivity index is 2.13. The van der Waals surface area contributed by atoms with E-state index in [1.807, 2.05) is 44.2 Å². The molecule has 0 saturated heterocycles. The first-order valence-electron chi connectivity index (χ1n) is 10.8. The maximum atomic E-state index is 13.2. The van der Waals surface area contributed by atoms with Crippen molar-refractivity contribution >= 4 is 23.6 Å². The summed E-state index contributed by atoms with van der Waals surface area (Å²) in [4.78, 5) is 27.7. The van der Waals surface area contributed by atoms with Crippen LogP contribution in [0.15, 0.2) is 48.5 Å². The number of hydrogen-bond donors (Lipinski definition) is 1. The topological polar surface area (TPSA) is 58.6 Å². The van der Waals surface area contributed by atoms with Gasteiger partial charge >= 0.3 is 0 Å². The summed E-state index contributed by atoms with van der Waals surface area (Å²) in [6.45, 7) is 7.01. The molecule has 0 bridgehead atoms. The molecule has 0 radical (unpaired) electrons. The van der Waals surface area contributed by atoms with Gasteiger partial charge in [-0.2, -0.15) is 0 Å². The normalized spacial score (nSPS) is 11.6. The van der Waals surface area contributed by atoms with Gasteiger partial charge in [-0.3, -0.25) is 9.59 Å². The van der Waals surface area contributed by atoms with E-state index >= 15 is 0 Å². The second kappa shape index (κ2) is 13.1. The average molecular weight is 443 g/mol. The Morgan fingerprint density at radius 1 is 1.10 bits per heavy atom. The number of hydrogen-bond acceptors (Lipinski definition) is 4. The lowest BCUT2D eigenvalue weighted by Gasteiger charge is -2.30. The van der Waals surface area contributed by atoms with Gasteiger partial charge in [0.2, 0.25) is 11.8 Å². The van der Waals surface area contributed by atoms with Crippen LogP contribution in [-0.2, 0) is 21.9 Å². The third kappa shape index (κ3) is 7.94. The molecule has 2 aromatic carbocycles. The van der Waals surface area contributed by atoms with Crippen LogP contribution in [0.1, 0.15) is 43.4 Å². The summed E-state index contributed by atoms with van der Waals surface area (Å²) in [5.74, 6) is 1.71. The zero-order chi connectivity index (χ0) is 22.6. The minimum atomic E-state index is -0.496. The molecule has 5 nitrogen and oxygen atoms in total. The van der Waals surface area contributed by atoms with Crippen LogP contribution in [-0.4, -0.2) is 42.2 Å². The predicted molar refractivity (Wildman–Crippen MR) is 128 cm³/mol. The van der Waals surface area contributed by atoms with Crippen molar-refractivity contribution in [3.8, 4) is 5.75 Å². The van der Waals surface area contributed by atoms with Gasteiger partial charge in [0.1, 0.15) is 11.8 Å². The lowest BCUT2D eigenvalue weighted by molar-refractivity contribution is -0.139. The number of amides is 2. The second-order valence-corrected chi connectivity index (χ2v) is 8.56. The van der Waals surface area contributed by atoms with Crippen molar-refractivity contribution in [1.29, 1.82) is 0 Å². The first kappa shape index (κ1) is 24.8. The summed E-state index contributed by atoms with van der Waals surface area (Å²) < 4.78 is 5.32. The van der Waals surface area contributed by atoms with Gasteiger partial charge in [-0.25, -0.2) is 0 Å². The molecule has 0 aromatic heterocycles. The maximum Gasteiger partial charge on any atom is 0.242 e. The van der Waals surface area contributed by atoms with E-state index in [0.717, 1.165) is 23.5 Å². The van der Waals surface area contributed by atoms with Crippen LogP contribution < -0.4 is 10.1 Å². The largest absolute Gasteiger partial charge is 0.497 e. The summed E-state index contributed by atoms with van der Waals surface area (Å²) in [6, 6.07) is 15.5. The third-order valence-electron chi connectivity index (χ3n) is 5.00. The molecule has 6 heteroatoms. The molecule has 0 aliphatic carbocycles. The minimum absolute atomic E-state index is 0.0287. The summed E-state index contributed by atoms with van der Waals surface area (Å²) in [7, 11) is 1.62. The van der Waals surface area contributed by atoms with E-state index in [-0.39, 0.29) is 11.8 Å². The lowest BCUT2D eigenvalue weighted by atomic mass is 10.1. The highest BCUT2D eigenvalue weighted by atomic mass is 32.2. The molecular formula is C25H34N2O3S. The molecule has 0 saturated carbocycles. The molecular weight excluding hydrogens is 408 g/mol. The van der Waals surface area contributed by atoms with Gasteiger partial charge in [0.15, 0.2) is 0 Å². The van der Waals surface area contributed by atoms with Crippen LogP contribution in [0.25, 0.3) is 0 Å². The molecule has 2 amide bonds. The maximum absolute atomic E-state index is 13.2. The van der Waals surface area contributed by atoms with Crippen LogP contribution in [0.5, 0.6) is 5.75 Å². The highest BCUT2D eigenvalue weighted by Crippen LogP contribution is 2.20. The molecule has 1 atom stereocenters. The zero-order valence-electron chi connectivity index (χ0n) is 19.0. The average Bonchev–Trinajstić information content (AvgIpc) is 2.77. The quantitative estimate of drug-likeness (QED) is 0.523. The summed E-state index contributed by atoms with van der Waals surface area (Å²) in [5, 5.41) is 2.95. The number of aryl methyl sites for hydroxylation is 1. The molecule has 2 aromatic rings. The van der Waals surface area contributed by atoms with Crippen LogP contribution in [0.2, 0.25) is 0 Å². The number of thioether (sulfide) groups is 1. The smallest absolute Gasteiger partial charge is 0.242 e. The molecule has 2 rings (SSSR count). The number of carbonyl (C=O) groups excluding carboxylic acids is 2. The molecule has 0 spiro atoms. The van der Waals surface area contributed by atoms with Crippen molar-refractivity contribution < 1.29 is 14.3 Å². The van der Waals surface area contributed by atoms with Crippen molar-refractivity contribution in [2.24, 2.45) is 0 Å². The number of ether oxygens (including phenoxy) is 1. The fourth-order valence-corrected chi connectivity index (χ4v) is 4.25. The van der Waals surface area contributed by atoms with E-state index in [2.05, 4.69) is 30.4 Å². The Morgan fingerprint density at radius 2 is 1.84 bits per heavy atom. The monoisotopic (exact) mass is 442 g/mol. The van der Waals surface area contributed by atoms with Crippen molar-refractivity contribution in [3.63, 3.8) is 0 Å². The Morgan fingerprint density at radius 3 is 2.52 bits per heavy atom. The second-order valence-electron chi connectivity index (χ2n) is 7.57. The van der Waals surface area contributed by atoms with E-state index in [4.69, 9.17) is 4.74 Å². The molecule has 0 fully saturated rings. The zero-order valence-corrected chi connectivity index (χ0v) is 19.8. The molecule has 168 valence electrons. The summed E-state index contributed by atoms with van der Waals surface area (Å²) >= 11 is 1.58. The van der Waals surface area contributed by atoms with E-state index in [1.54, 1.807) is 23.8 Å². The van der Waals surface area contributed by atoms with Crippen LogP contribution in [0.3, 0.4) is 0 Å². The van der Waals surface area contributed by atoms with Gasteiger partial charge < -0.3 is 15.0 Å². The molecule has 31 heavy (non-hydrogen) atoms. The van der Waals surface area contributed by atoms with Gasteiger partial charge in [-0.05, 0) is 43.0 Å². The fraction of sp³-hybridized carbons (Fsp3) is 0.440. The third-order valence-corrected chi connectivity index (χ3v) is 5.99. The lowest BCUT2D eigenvalue weighted by Crippen LogP contribution is -2.49. The van der Waals surface area contributed by atoms with Crippen LogP contribution in [0, 0.1) is 6.92 Å². The highest BCUT2D eigenvalue weighted by Gasteiger charge is 2.28. The Kier molecular flexibility index (Phi) is 10.4. The van der Waals surface area contributed by atoms with Gasteiger partial charge in [0.05, 0.1) is 12.9 Å². The number of benzene rings is 2. The van der Waals surface area contributed by atoms with Crippen molar-refractivity contribution in [2.75, 3.05) is 19.4 Å². The molecule has 0 unspecified atom stereocenters. The molecule has 0 aliphatic rings. The number of methoxy groups -OCH3 is 1. The SMILES string of the molecule is CCCNC(=O)[C@H](CC)N(Cc1cccc(OC)c1)C(=O)CSCc1cccc(C)c1. The number of rotatable bonds is 12. The number of nitrogens with one attached hydrogen (secondary N) is 1. The minimum Gasteiger partial charge on any atom is -0.497 e. The predicted octanol–water partition coefficient (Wildman–Crippen LogP) is 4.57. The van der Waals surface area contributed by atoms with E-state index in [0.29, 0.717) is 25.3 Å². The summed E-state index contributed by atoms with van der Waals surface area (Å²) in [6.07, 6.45) is 1.42. The van der Waals surface area contributed by atoms with Crippen molar-refractivity contribution in [2.45, 2.75) is 52.0 Å². The number of carbonyl (C=O) groups is 2. The Bertz CT molecular complexity index is 856. The van der Waals surface area contributed by atoms with Gasteiger partial charge in [0, 0.05) is 18.8 Å². The fourth-order valence-electron chi connectivity index (χ4n) is 3.39. The molecule has 1 N–H and O–H groups in total. The van der Waals surface area contributed by atoms with Gasteiger partial charge in [-0.15, -0.1) is 11.8 Å². The molecule has 0 aliphatic heterocycles. The van der Waals surface area contributed by atoms with E-state index in [9.17, 15) is 9.59 Å². The van der Waals surface area contributed by atoms with Crippen LogP contribution >= 0.6 is 11.8 Å². The highest BCUT2D eigenvalue weighted by molar-refractivity contribution is 7.99. The van der Waals surface area contributed by atoms with Gasteiger partial charge in [0.25, 0.3) is 0 Å².